The summed E-state index contributed by atoms with van der Waals surface area (Å²) in [5, 5.41) is 8.91. The Morgan fingerprint density at radius 3 is 2.50 bits per heavy atom. The van der Waals surface area contributed by atoms with Gasteiger partial charge in [-0.25, -0.2) is 4.79 Å². The average Bonchev–Trinajstić information content (AvgIpc) is 2.51. The van der Waals surface area contributed by atoms with E-state index < -0.39 is 5.97 Å². The summed E-state index contributed by atoms with van der Waals surface area (Å²) in [7, 11) is 0. The first kappa shape index (κ1) is 18.6. The van der Waals surface area contributed by atoms with Crippen molar-refractivity contribution in [3.63, 3.8) is 0 Å². The standard InChI is InChI=1S/C20H28O4/c1-11(6-5-7-13(3)20(23)24)15-9-8-12(2)17-16(21)10-14(4)19(22)18(15)17/h7,11-12,14-15H,5-6,8-10H2,1-4H3,(H,23,24)/b13-7+/t11-,12+,14?,15?/m0/s1. The van der Waals surface area contributed by atoms with Crippen LogP contribution in [0.3, 0.4) is 0 Å². The minimum absolute atomic E-state index is 0.133. The second-order valence-electron chi connectivity index (χ2n) is 7.55. The van der Waals surface area contributed by atoms with Crippen LogP contribution in [0, 0.1) is 23.7 Å². The summed E-state index contributed by atoms with van der Waals surface area (Å²) in [5.41, 5.74) is 1.94. The van der Waals surface area contributed by atoms with E-state index in [4.69, 9.17) is 5.11 Å². The normalized spacial score (nSPS) is 29.5. The third-order valence-corrected chi connectivity index (χ3v) is 5.67. The van der Waals surface area contributed by atoms with Crippen LogP contribution in [0.4, 0.5) is 0 Å². The Morgan fingerprint density at radius 1 is 1.21 bits per heavy atom. The predicted molar refractivity (Wildman–Crippen MR) is 92.5 cm³/mol. The van der Waals surface area contributed by atoms with Gasteiger partial charge in [0.1, 0.15) is 0 Å². The second-order valence-corrected chi connectivity index (χ2v) is 7.55. The number of carboxylic acid groups (broad SMARTS) is 1. The van der Waals surface area contributed by atoms with E-state index in [1.165, 1.54) is 0 Å². The molecule has 2 unspecified atom stereocenters. The molecule has 0 aromatic heterocycles. The molecule has 0 aliphatic heterocycles. The van der Waals surface area contributed by atoms with Gasteiger partial charge in [0.15, 0.2) is 11.6 Å². The number of Topliss-reactive ketones (excluding diaryl/α,β-unsaturated/α-hetero) is 2. The molecule has 0 bridgehead atoms. The Hall–Kier alpha value is -1.71. The molecule has 0 fully saturated rings. The van der Waals surface area contributed by atoms with Gasteiger partial charge in [0.25, 0.3) is 0 Å². The topological polar surface area (TPSA) is 71.4 Å². The Labute approximate surface area is 144 Å². The van der Waals surface area contributed by atoms with Gasteiger partial charge < -0.3 is 5.11 Å². The molecule has 4 atom stereocenters. The minimum Gasteiger partial charge on any atom is -0.478 e. The summed E-state index contributed by atoms with van der Waals surface area (Å²) >= 11 is 0. The van der Waals surface area contributed by atoms with Crippen LogP contribution in [-0.2, 0) is 14.4 Å². The van der Waals surface area contributed by atoms with Crippen LogP contribution in [-0.4, -0.2) is 22.6 Å². The van der Waals surface area contributed by atoms with E-state index >= 15 is 0 Å². The molecule has 24 heavy (non-hydrogen) atoms. The van der Waals surface area contributed by atoms with Gasteiger partial charge >= 0.3 is 5.97 Å². The Balaban J connectivity index is 2.20. The zero-order valence-electron chi connectivity index (χ0n) is 15.1. The molecule has 0 radical (unpaired) electrons. The maximum absolute atomic E-state index is 12.7. The van der Waals surface area contributed by atoms with Crippen LogP contribution in [0.1, 0.15) is 59.8 Å². The lowest BCUT2D eigenvalue weighted by Crippen LogP contribution is -2.37. The average molecular weight is 332 g/mol. The maximum Gasteiger partial charge on any atom is 0.330 e. The Kier molecular flexibility index (Phi) is 5.79. The number of carboxylic acids is 1. The van der Waals surface area contributed by atoms with Crippen molar-refractivity contribution < 1.29 is 19.5 Å². The number of rotatable bonds is 5. The van der Waals surface area contributed by atoms with Crippen molar-refractivity contribution in [2.75, 3.05) is 0 Å². The molecule has 0 heterocycles. The van der Waals surface area contributed by atoms with Crippen molar-refractivity contribution in [1.82, 2.24) is 0 Å². The number of hydrogen-bond donors (Lipinski definition) is 1. The van der Waals surface area contributed by atoms with Crippen molar-refractivity contribution in [3.05, 3.63) is 22.8 Å². The molecule has 2 rings (SSSR count). The molecule has 0 saturated carbocycles. The lowest BCUT2D eigenvalue weighted by atomic mass is 9.64. The lowest BCUT2D eigenvalue weighted by Gasteiger charge is -2.38. The van der Waals surface area contributed by atoms with E-state index in [2.05, 4.69) is 13.8 Å². The molecule has 0 amide bonds. The highest BCUT2D eigenvalue weighted by Gasteiger charge is 2.41. The first-order valence-electron chi connectivity index (χ1n) is 8.95. The van der Waals surface area contributed by atoms with Gasteiger partial charge in [0.05, 0.1) is 0 Å². The molecule has 2 aliphatic carbocycles. The number of aliphatic carboxylic acids is 1. The van der Waals surface area contributed by atoms with Gasteiger partial charge in [0, 0.05) is 29.1 Å². The largest absolute Gasteiger partial charge is 0.478 e. The first-order chi connectivity index (χ1) is 11.2. The van der Waals surface area contributed by atoms with Gasteiger partial charge in [-0.2, -0.15) is 0 Å². The molecule has 0 aromatic rings. The number of carbonyl (C=O) groups is 3. The van der Waals surface area contributed by atoms with Crippen LogP contribution < -0.4 is 0 Å². The highest BCUT2D eigenvalue weighted by atomic mass is 16.4. The zero-order chi connectivity index (χ0) is 18.0. The summed E-state index contributed by atoms with van der Waals surface area (Å²) in [4.78, 5) is 36.1. The van der Waals surface area contributed by atoms with Gasteiger partial charge in [0.2, 0.25) is 0 Å². The molecule has 4 nitrogen and oxygen atoms in total. The summed E-state index contributed by atoms with van der Waals surface area (Å²) in [6.45, 7) is 7.62. The Bertz CT molecular complexity index is 611. The molecule has 4 heteroatoms. The first-order valence-corrected chi connectivity index (χ1v) is 8.95. The van der Waals surface area contributed by atoms with Crippen molar-refractivity contribution >= 4 is 17.5 Å². The number of allylic oxidation sites excluding steroid dienone is 3. The molecule has 2 aliphatic rings. The molecule has 0 saturated heterocycles. The van der Waals surface area contributed by atoms with Crippen molar-refractivity contribution in [3.8, 4) is 0 Å². The van der Waals surface area contributed by atoms with Crippen LogP contribution in [0.25, 0.3) is 0 Å². The zero-order valence-corrected chi connectivity index (χ0v) is 15.1. The fourth-order valence-electron chi connectivity index (χ4n) is 4.09. The van der Waals surface area contributed by atoms with E-state index in [0.29, 0.717) is 18.4 Å². The molecule has 132 valence electrons. The smallest absolute Gasteiger partial charge is 0.330 e. The van der Waals surface area contributed by atoms with Crippen LogP contribution in [0.5, 0.6) is 0 Å². The fraction of sp³-hybridized carbons (Fsp3) is 0.650. The van der Waals surface area contributed by atoms with Crippen LogP contribution in [0.2, 0.25) is 0 Å². The number of carbonyl (C=O) groups excluding carboxylic acids is 2. The fourth-order valence-corrected chi connectivity index (χ4v) is 4.09. The quantitative estimate of drug-likeness (QED) is 0.774. The summed E-state index contributed by atoms with van der Waals surface area (Å²) in [6, 6.07) is 0. The van der Waals surface area contributed by atoms with Gasteiger partial charge in [-0.15, -0.1) is 0 Å². The van der Waals surface area contributed by atoms with E-state index in [-0.39, 0.29) is 35.2 Å². The molecular formula is C20H28O4. The van der Waals surface area contributed by atoms with Crippen LogP contribution >= 0.6 is 0 Å². The van der Waals surface area contributed by atoms with E-state index in [9.17, 15) is 14.4 Å². The highest BCUT2D eigenvalue weighted by Crippen LogP contribution is 2.44. The summed E-state index contributed by atoms with van der Waals surface area (Å²) in [5.74, 6) is -0.197. The lowest BCUT2D eigenvalue weighted by molar-refractivity contribution is -0.132. The molecule has 0 aromatic carbocycles. The van der Waals surface area contributed by atoms with Gasteiger partial charge in [-0.3, -0.25) is 9.59 Å². The highest BCUT2D eigenvalue weighted by molar-refractivity contribution is 6.13. The van der Waals surface area contributed by atoms with E-state index in [0.717, 1.165) is 30.4 Å². The van der Waals surface area contributed by atoms with E-state index in [1.54, 1.807) is 13.0 Å². The molecular weight excluding hydrogens is 304 g/mol. The van der Waals surface area contributed by atoms with Gasteiger partial charge in [-0.05, 0) is 50.4 Å². The monoisotopic (exact) mass is 332 g/mol. The number of hydrogen-bond acceptors (Lipinski definition) is 3. The van der Waals surface area contributed by atoms with Crippen molar-refractivity contribution in [1.29, 1.82) is 0 Å². The number of ketones is 2. The Morgan fingerprint density at radius 2 is 1.88 bits per heavy atom. The summed E-state index contributed by atoms with van der Waals surface area (Å²) in [6.07, 6.45) is 5.50. The predicted octanol–water partition coefficient (Wildman–Crippen LogP) is 3.95. The molecule has 1 N–H and O–H groups in total. The SMILES string of the molecule is C/C(=C\CC[C@H](C)C1CC[C@@H](C)C2=C1C(=O)C(C)CC2=O)C(=O)O. The summed E-state index contributed by atoms with van der Waals surface area (Å²) < 4.78 is 0. The van der Waals surface area contributed by atoms with Crippen LogP contribution in [0.15, 0.2) is 22.8 Å². The van der Waals surface area contributed by atoms with E-state index in [1.807, 2.05) is 6.92 Å². The minimum atomic E-state index is -0.888. The van der Waals surface area contributed by atoms with Crippen molar-refractivity contribution in [2.24, 2.45) is 23.7 Å². The van der Waals surface area contributed by atoms with Gasteiger partial charge in [-0.1, -0.05) is 26.8 Å². The molecule has 0 spiro atoms. The third kappa shape index (κ3) is 3.68. The maximum atomic E-state index is 12.7. The van der Waals surface area contributed by atoms with Crippen molar-refractivity contribution in [2.45, 2.75) is 59.8 Å². The third-order valence-electron chi connectivity index (χ3n) is 5.67. The second kappa shape index (κ2) is 7.45.